The van der Waals surface area contributed by atoms with Crippen molar-refractivity contribution in [2.24, 2.45) is 5.92 Å². The van der Waals surface area contributed by atoms with Gasteiger partial charge in [0.25, 0.3) is 6.01 Å². The van der Waals surface area contributed by atoms with Gasteiger partial charge in [0.05, 0.1) is 37.6 Å². The fourth-order valence-corrected chi connectivity index (χ4v) is 6.37. The minimum atomic E-state index is -0.672. The lowest BCUT2D eigenvalue weighted by molar-refractivity contribution is -0.0676. The third-order valence-electron chi connectivity index (χ3n) is 8.68. The molecule has 4 aliphatic rings. The molecule has 1 aromatic carbocycles. The number of halogens is 1. The number of ether oxygens (including phenoxy) is 2. The first-order valence-corrected chi connectivity index (χ1v) is 13.0. The van der Waals surface area contributed by atoms with Crippen LogP contribution in [-0.4, -0.2) is 71.1 Å². The molecule has 190 valence electrons. The highest BCUT2D eigenvalue weighted by Gasteiger charge is 2.52. The summed E-state index contributed by atoms with van der Waals surface area (Å²) in [6, 6.07) is 6.06. The van der Waals surface area contributed by atoms with Crippen molar-refractivity contribution >= 4 is 6.01 Å². The van der Waals surface area contributed by atoms with Gasteiger partial charge in [-0.2, -0.15) is 0 Å². The molecule has 1 spiro atoms. The number of aromatic nitrogens is 1. The van der Waals surface area contributed by atoms with Crippen LogP contribution in [0.15, 0.2) is 35.1 Å². The van der Waals surface area contributed by atoms with Gasteiger partial charge in [-0.15, -0.1) is 0 Å². The van der Waals surface area contributed by atoms with Crippen molar-refractivity contribution in [1.82, 2.24) is 9.88 Å². The molecule has 8 heteroatoms. The second-order valence-electron chi connectivity index (χ2n) is 11.6. The molecule has 6 rings (SSSR count). The molecular formula is C27H36FN3O4. The molecular weight excluding hydrogens is 449 g/mol. The maximum absolute atomic E-state index is 14.2. The Hall–Kier alpha value is -2.16. The molecule has 1 unspecified atom stereocenters. The Morgan fingerprint density at radius 3 is 2.66 bits per heavy atom. The van der Waals surface area contributed by atoms with E-state index in [1.807, 2.05) is 13.8 Å². The second-order valence-corrected chi connectivity index (χ2v) is 11.6. The lowest BCUT2D eigenvalue weighted by atomic mass is 9.72. The maximum Gasteiger partial charge on any atom is 0.297 e. The third kappa shape index (κ3) is 4.56. The maximum atomic E-state index is 14.2. The lowest BCUT2D eigenvalue weighted by Crippen LogP contribution is -2.62. The van der Waals surface area contributed by atoms with Gasteiger partial charge >= 0.3 is 0 Å². The summed E-state index contributed by atoms with van der Waals surface area (Å²) >= 11 is 0. The Morgan fingerprint density at radius 2 is 1.97 bits per heavy atom. The van der Waals surface area contributed by atoms with E-state index in [0.717, 1.165) is 76.2 Å². The quantitative estimate of drug-likeness (QED) is 0.664. The Balaban J connectivity index is 1.03. The van der Waals surface area contributed by atoms with E-state index in [0.29, 0.717) is 18.0 Å². The standard InChI is InChI=1S/C27H36FN3O4/c1-26(2,32)19-11-22(12-19)35-24-4-3-20(28)13-23(24)18-5-8-30(9-6-18)21-14-27(34-15-21)16-31(17-27)25-29-7-10-33-25/h3-4,7,10,13,18-19,21-22,32H,5-6,8-9,11-12,14-17H2,1-2H3. The zero-order valence-electron chi connectivity index (χ0n) is 20.7. The Bertz CT molecular complexity index is 1020. The van der Waals surface area contributed by atoms with Crippen LogP contribution in [-0.2, 0) is 4.74 Å². The molecule has 3 aliphatic heterocycles. The van der Waals surface area contributed by atoms with Crippen molar-refractivity contribution in [3.05, 3.63) is 42.0 Å². The molecule has 35 heavy (non-hydrogen) atoms. The summed E-state index contributed by atoms with van der Waals surface area (Å²) in [6.07, 6.45) is 8.08. The van der Waals surface area contributed by atoms with Crippen molar-refractivity contribution in [3.63, 3.8) is 0 Å². The van der Waals surface area contributed by atoms with E-state index in [2.05, 4.69) is 14.8 Å². The molecule has 1 aliphatic carbocycles. The smallest absolute Gasteiger partial charge is 0.297 e. The van der Waals surface area contributed by atoms with Crippen molar-refractivity contribution in [2.45, 2.75) is 75.2 Å². The zero-order chi connectivity index (χ0) is 24.2. The topological polar surface area (TPSA) is 71.2 Å². The van der Waals surface area contributed by atoms with Gasteiger partial charge in [0.2, 0.25) is 0 Å². The predicted molar refractivity (Wildman–Crippen MR) is 129 cm³/mol. The van der Waals surface area contributed by atoms with Crippen LogP contribution >= 0.6 is 0 Å². The molecule has 4 fully saturated rings. The van der Waals surface area contributed by atoms with Crippen molar-refractivity contribution in [3.8, 4) is 5.75 Å². The van der Waals surface area contributed by atoms with Crippen LogP contribution in [0.5, 0.6) is 5.75 Å². The van der Waals surface area contributed by atoms with E-state index in [1.54, 1.807) is 24.6 Å². The first-order chi connectivity index (χ1) is 16.8. The molecule has 1 atom stereocenters. The molecule has 3 saturated heterocycles. The Kier molecular flexibility index (Phi) is 5.81. The van der Waals surface area contributed by atoms with Crippen molar-refractivity contribution in [1.29, 1.82) is 0 Å². The first kappa shape index (κ1) is 23.3. The van der Waals surface area contributed by atoms with Gasteiger partial charge in [-0.1, -0.05) is 0 Å². The monoisotopic (exact) mass is 485 g/mol. The van der Waals surface area contributed by atoms with E-state index in [4.69, 9.17) is 13.9 Å². The Morgan fingerprint density at radius 1 is 1.20 bits per heavy atom. The number of piperidine rings is 1. The van der Waals surface area contributed by atoms with Gasteiger partial charge in [-0.25, -0.2) is 9.37 Å². The number of oxazole rings is 1. The summed E-state index contributed by atoms with van der Waals surface area (Å²) in [7, 11) is 0. The summed E-state index contributed by atoms with van der Waals surface area (Å²) < 4.78 is 32.2. The Labute approximate surface area is 206 Å². The van der Waals surface area contributed by atoms with E-state index >= 15 is 0 Å². The average molecular weight is 486 g/mol. The van der Waals surface area contributed by atoms with Crippen LogP contribution in [0.4, 0.5) is 10.4 Å². The van der Waals surface area contributed by atoms with Gasteiger partial charge in [0, 0.05) is 11.6 Å². The molecule has 0 bridgehead atoms. The fraction of sp³-hybridized carbons (Fsp3) is 0.667. The molecule has 4 heterocycles. The van der Waals surface area contributed by atoms with Gasteiger partial charge < -0.3 is 23.9 Å². The molecule has 7 nitrogen and oxygen atoms in total. The summed E-state index contributed by atoms with van der Waals surface area (Å²) in [5.74, 6) is 1.16. The first-order valence-electron chi connectivity index (χ1n) is 13.0. The van der Waals surface area contributed by atoms with Gasteiger partial charge in [-0.3, -0.25) is 4.90 Å². The lowest BCUT2D eigenvalue weighted by Gasteiger charge is -2.46. The van der Waals surface area contributed by atoms with Gasteiger partial charge in [0.15, 0.2) is 0 Å². The van der Waals surface area contributed by atoms with Crippen LogP contribution in [0.25, 0.3) is 0 Å². The fourth-order valence-electron chi connectivity index (χ4n) is 6.37. The predicted octanol–water partition coefficient (Wildman–Crippen LogP) is 3.97. The van der Waals surface area contributed by atoms with Crippen LogP contribution in [0.1, 0.15) is 57.4 Å². The highest BCUT2D eigenvalue weighted by molar-refractivity contribution is 5.38. The van der Waals surface area contributed by atoms with Crippen LogP contribution in [0.2, 0.25) is 0 Å². The highest BCUT2D eigenvalue weighted by Crippen LogP contribution is 2.43. The number of hydrogen-bond acceptors (Lipinski definition) is 7. The number of likely N-dealkylation sites (tertiary alicyclic amines) is 1. The van der Waals surface area contributed by atoms with E-state index in [1.165, 1.54) is 6.07 Å². The van der Waals surface area contributed by atoms with E-state index < -0.39 is 5.60 Å². The number of aliphatic hydroxyl groups is 1. The SMILES string of the molecule is CC(C)(O)C1CC(Oc2ccc(F)cc2C2CCN(C3COC4(C3)CN(c3ncco3)C4)CC2)C1. The molecule has 1 saturated carbocycles. The second kappa shape index (κ2) is 8.75. The number of hydrogen-bond donors (Lipinski definition) is 1. The van der Waals surface area contributed by atoms with E-state index in [-0.39, 0.29) is 23.4 Å². The number of anilines is 1. The third-order valence-corrected chi connectivity index (χ3v) is 8.68. The highest BCUT2D eigenvalue weighted by atomic mass is 19.1. The molecule has 0 radical (unpaired) electrons. The number of benzene rings is 1. The summed E-state index contributed by atoms with van der Waals surface area (Å²) in [5.41, 5.74) is 0.244. The van der Waals surface area contributed by atoms with Gasteiger partial charge in [0.1, 0.15) is 23.4 Å². The van der Waals surface area contributed by atoms with E-state index in [9.17, 15) is 9.50 Å². The normalized spacial score (nSPS) is 29.3. The van der Waals surface area contributed by atoms with Crippen LogP contribution in [0, 0.1) is 11.7 Å². The summed E-state index contributed by atoms with van der Waals surface area (Å²) in [4.78, 5) is 8.92. The minimum Gasteiger partial charge on any atom is -0.490 e. The van der Waals surface area contributed by atoms with Crippen molar-refractivity contribution < 1.29 is 23.4 Å². The number of nitrogens with zero attached hydrogens (tertiary/aromatic N) is 3. The molecule has 1 N–H and O–H groups in total. The van der Waals surface area contributed by atoms with Crippen LogP contribution < -0.4 is 9.64 Å². The average Bonchev–Trinajstić information content (AvgIpc) is 3.45. The zero-order valence-corrected chi connectivity index (χ0v) is 20.7. The molecule has 0 amide bonds. The molecule has 2 aromatic rings. The summed E-state index contributed by atoms with van der Waals surface area (Å²) in [5, 5.41) is 10.2. The van der Waals surface area contributed by atoms with Crippen molar-refractivity contribution in [2.75, 3.05) is 37.7 Å². The molecule has 1 aromatic heterocycles. The minimum absolute atomic E-state index is 0.0800. The number of rotatable bonds is 6. The largest absolute Gasteiger partial charge is 0.490 e. The van der Waals surface area contributed by atoms with Crippen LogP contribution in [0.3, 0.4) is 0 Å². The summed E-state index contributed by atoms with van der Waals surface area (Å²) in [6.45, 7) is 8.12. The van der Waals surface area contributed by atoms with Gasteiger partial charge in [-0.05, 0) is 89.1 Å².